The average molecular weight is 153 g/mol. The molecule has 1 N–H and O–H groups in total. The van der Waals surface area contributed by atoms with Gasteiger partial charge in [0, 0.05) is 6.04 Å². The molecule has 0 aromatic heterocycles. The summed E-state index contributed by atoms with van der Waals surface area (Å²) in [4.78, 5) is 0. The molecule has 1 aliphatic carbocycles. The summed E-state index contributed by atoms with van der Waals surface area (Å²) in [6.07, 6.45) is 6.61. The van der Waals surface area contributed by atoms with E-state index in [-0.39, 0.29) is 0 Å². The van der Waals surface area contributed by atoms with Crippen molar-refractivity contribution in [1.29, 1.82) is 0 Å². The molecule has 0 aromatic carbocycles. The Bertz CT molecular complexity index is 141. The van der Waals surface area contributed by atoms with E-state index in [1.54, 1.807) is 0 Å². The van der Waals surface area contributed by atoms with Crippen molar-refractivity contribution in [2.24, 2.45) is 5.92 Å². The molecule has 1 nitrogen and oxygen atoms in total. The zero-order chi connectivity index (χ0) is 8.27. The van der Waals surface area contributed by atoms with Gasteiger partial charge in [0.1, 0.15) is 0 Å². The fraction of sp³-hybridized carbons (Fsp3) is 0.800. The van der Waals surface area contributed by atoms with E-state index >= 15 is 0 Å². The Morgan fingerprint density at radius 2 is 2.09 bits per heavy atom. The molecule has 0 spiro atoms. The van der Waals surface area contributed by atoms with Gasteiger partial charge in [-0.3, -0.25) is 0 Å². The highest BCUT2D eigenvalue weighted by atomic mass is 14.9. The summed E-state index contributed by atoms with van der Waals surface area (Å²) >= 11 is 0. The van der Waals surface area contributed by atoms with Crippen molar-refractivity contribution in [3.05, 3.63) is 11.6 Å². The Kier molecular flexibility index (Phi) is 3.13. The molecule has 0 saturated heterocycles. The Balaban J connectivity index is 2.41. The standard InChI is InChI=1S/C10H19N/c1-8(2)7-10(11-3)9-5-4-6-9/h7,9-11H,4-6H2,1-3H3. The highest BCUT2D eigenvalue weighted by Crippen LogP contribution is 2.30. The number of rotatable bonds is 3. The van der Waals surface area contributed by atoms with E-state index in [2.05, 4.69) is 32.3 Å². The Morgan fingerprint density at radius 3 is 2.36 bits per heavy atom. The van der Waals surface area contributed by atoms with E-state index < -0.39 is 0 Å². The number of likely N-dealkylation sites (N-methyl/N-ethyl adjacent to an activating group) is 1. The molecule has 1 aliphatic rings. The van der Waals surface area contributed by atoms with Gasteiger partial charge < -0.3 is 5.32 Å². The van der Waals surface area contributed by atoms with Crippen molar-refractivity contribution in [3.8, 4) is 0 Å². The summed E-state index contributed by atoms with van der Waals surface area (Å²) in [5.41, 5.74) is 1.43. The summed E-state index contributed by atoms with van der Waals surface area (Å²) in [5.74, 6) is 0.912. The van der Waals surface area contributed by atoms with Crippen LogP contribution in [0.4, 0.5) is 0 Å². The fourth-order valence-corrected chi connectivity index (χ4v) is 1.61. The molecule has 11 heavy (non-hydrogen) atoms. The topological polar surface area (TPSA) is 12.0 Å². The van der Waals surface area contributed by atoms with Gasteiger partial charge >= 0.3 is 0 Å². The molecule has 1 saturated carbocycles. The van der Waals surface area contributed by atoms with Crippen LogP contribution in [0.1, 0.15) is 33.1 Å². The molecule has 1 fully saturated rings. The van der Waals surface area contributed by atoms with E-state index in [9.17, 15) is 0 Å². The molecule has 1 rings (SSSR count). The normalized spacial score (nSPS) is 20.6. The van der Waals surface area contributed by atoms with Gasteiger partial charge in [0.2, 0.25) is 0 Å². The first-order valence-electron chi connectivity index (χ1n) is 4.56. The van der Waals surface area contributed by atoms with Gasteiger partial charge in [0.05, 0.1) is 0 Å². The average Bonchev–Trinajstić information content (AvgIpc) is 1.81. The molecular formula is C10H19N. The maximum atomic E-state index is 3.36. The van der Waals surface area contributed by atoms with Gasteiger partial charge in [0.15, 0.2) is 0 Å². The van der Waals surface area contributed by atoms with Crippen LogP contribution >= 0.6 is 0 Å². The van der Waals surface area contributed by atoms with Gasteiger partial charge in [-0.2, -0.15) is 0 Å². The van der Waals surface area contributed by atoms with Crippen LogP contribution in [0.3, 0.4) is 0 Å². The number of hydrogen-bond donors (Lipinski definition) is 1. The summed E-state index contributed by atoms with van der Waals surface area (Å²) in [6.45, 7) is 4.34. The van der Waals surface area contributed by atoms with E-state index in [0.29, 0.717) is 6.04 Å². The van der Waals surface area contributed by atoms with Gasteiger partial charge in [-0.15, -0.1) is 0 Å². The lowest BCUT2D eigenvalue weighted by atomic mass is 9.79. The van der Waals surface area contributed by atoms with Crippen molar-refractivity contribution in [3.63, 3.8) is 0 Å². The molecule has 1 heteroatoms. The Hall–Kier alpha value is -0.300. The summed E-state index contributed by atoms with van der Waals surface area (Å²) < 4.78 is 0. The molecule has 1 atom stereocenters. The maximum Gasteiger partial charge on any atom is 0.0277 e. The highest BCUT2D eigenvalue weighted by Gasteiger charge is 2.23. The van der Waals surface area contributed by atoms with Crippen LogP contribution in [-0.2, 0) is 0 Å². The van der Waals surface area contributed by atoms with Crippen LogP contribution in [0.15, 0.2) is 11.6 Å². The minimum atomic E-state index is 0.633. The van der Waals surface area contributed by atoms with E-state index in [1.807, 2.05) is 0 Å². The first-order valence-corrected chi connectivity index (χ1v) is 4.56. The molecule has 0 bridgehead atoms. The van der Waals surface area contributed by atoms with Gasteiger partial charge in [-0.1, -0.05) is 18.1 Å². The third kappa shape index (κ3) is 2.33. The summed E-state index contributed by atoms with van der Waals surface area (Å²) in [7, 11) is 2.06. The lowest BCUT2D eigenvalue weighted by Gasteiger charge is -2.32. The van der Waals surface area contributed by atoms with E-state index in [0.717, 1.165) is 5.92 Å². The van der Waals surface area contributed by atoms with Crippen molar-refractivity contribution in [2.45, 2.75) is 39.2 Å². The quantitative estimate of drug-likeness (QED) is 0.614. The smallest absolute Gasteiger partial charge is 0.0277 e. The van der Waals surface area contributed by atoms with Crippen molar-refractivity contribution in [2.75, 3.05) is 7.05 Å². The second-order valence-corrected chi connectivity index (χ2v) is 3.75. The molecule has 0 radical (unpaired) electrons. The van der Waals surface area contributed by atoms with Crippen molar-refractivity contribution < 1.29 is 0 Å². The van der Waals surface area contributed by atoms with Crippen LogP contribution in [0, 0.1) is 5.92 Å². The maximum absolute atomic E-state index is 3.36. The lowest BCUT2D eigenvalue weighted by molar-refractivity contribution is 0.267. The molecule has 0 aromatic rings. The summed E-state index contributed by atoms with van der Waals surface area (Å²) in [6, 6.07) is 0.633. The molecule has 0 amide bonds. The minimum absolute atomic E-state index is 0.633. The third-order valence-electron chi connectivity index (χ3n) is 2.50. The monoisotopic (exact) mass is 153 g/mol. The SMILES string of the molecule is CNC(C=C(C)C)C1CCC1. The fourth-order valence-electron chi connectivity index (χ4n) is 1.61. The van der Waals surface area contributed by atoms with Crippen LogP contribution in [-0.4, -0.2) is 13.1 Å². The van der Waals surface area contributed by atoms with E-state index in [4.69, 9.17) is 0 Å². The van der Waals surface area contributed by atoms with Gasteiger partial charge in [-0.05, 0) is 39.7 Å². The minimum Gasteiger partial charge on any atom is -0.313 e. The van der Waals surface area contributed by atoms with Crippen molar-refractivity contribution >= 4 is 0 Å². The van der Waals surface area contributed by atoms with Crippen LogP contribution in [0.25, 0.3) is 0 Å². The third-order valence-corrected chi connectivity index (χ3v) is 2.50. The molecule has 0 aliphatic heterocycles. The van der Waals surface area contributed by atoms with Crippen molar-refractivity contribution in [1.82, 2.24) is 5.32 Å². The van der Waals surface area contributed by atoms with Crippen LogP contribution in [0.5, 0.6) is 0 Å². The van der Waals surface area contributed by atoms with E-state index in [1.165, 1.54) is 24.8 Å². The predicted molar refractivity (Wildman–Crippen MR) is 49.6 cm³/mol. The lowest BCUT2D eigenvalue weighted by Crippen LogP contribution is -2.35. The number of allylic oxidation sites excluding steroid dienone is 1. The molecule has 0 heterocycles. The van der Waals surface area contributed by atoms with Crippen LogP contribution in [0.2, 0.25) is 0 Å². The Labute approximate surface area is 69.9 Å². The zero-order valence-corrected chi connectivity index (χ0v) is 7.85. The summed E-state index contributed by atoms with van der Waals surface area (Å²) in [5, 5.41) is 3.36. The van der Waals surface area contributed by atoms with Gasteiger partial charge in [0.25, 0.3) is 0 Å². The molecular weight excluding hydrogens is 134 g/mol. The number of nitrogens with one attached hydrogen (secondary N) is 1. The predicted octanol–water partition coefficient (Wildman–Crippen LogP) is 2.34. The second kappa shape index (κ2) is 3.91. The number of hydrogen-bond acceptors (Lipinski definition) is 1. The van der Waals surface area contributed by atoms with Crippen LogP contribution < -0.4 is 5.32 Å². The zero-order valence-electron chi connectivity index (χ0n) is 7.85. The van der Waals surface area contributed by atoms with Gasteiger partial charge in [-0.25, -0.2) is 0 Å². The highest BCUT2D eigenvalue weighted by molar-refractivity contribution is 5.04. The first-order chi connectivity index (χ1) is 5.24. The molecule has 64 valence electrons. The largest absolute Gasteiger partial charge is 0.313 e. The second-order valence-electron chi connectivity index (χ2n) is 3.75. The Morgan fingerprint density at radius 1 is 1.45 bits per heavy atom. The molecule has 1 unspecified atom stereocenters. The first kappa shape index (κ1) is 8.79.